The second kappa shape index (κ2) is 8.67. The van der Waals surface area contributed by atoms with Gasteiger partial charge in [0.05, 0.1) is 16.8 Å². The molecule has 0 amide bonds. The Hall–Kier alpha value is -2.92. The normalized spacial score (nSPS) is 16.1. The number of pyridine rings is 1. The van der Waals surface area contributed by atoms with Crippen molar-refractivity contribution in [3.63, 3.8) is 0 Å². The molecule has 2 aromatic carbocycles. The molecule has 2 heterocycles. The highest BCUT2D eigenvalue weighted by Crippen LogP contribution is 2.36. The van der Waals surface area contributed by atoms with Gasteiger partial charge in [-0.1, -0.05) is 12.1 Å². The molecule has 1 fully saturated rings. The molecule has 5 nitrogen and oxygen atoms in total. The maximum Gasteiger partial charge on any atom is 0.153 e. The summed E-state index contributed by atoms with van der Waals surface area (Å²) in [7, 11) is 4.29. The van der Waals surface area contributed by atoms with E-state index in [0.717, 1.165) is 65.5 Å². The Morgan fingerprint density at radius 3 is 2.45 bits per heavy atom. The van der Waals surface area contributed by atoms with Crippen LogP contribution in [0.2, 0.25) is 0 Å². The van der Waals surface area contributed by atoms with Gasteiger partial charge in [0.2, 0.25) is 0 Å². The molecule has 1 unspecified atom stereocenters. The highest BCUT2D eigenvalue weighted by molar-refractivity contribution is 6.02. The summed E-state index contributed by atoms with van der Waals surface area (Å²) in [6.45, 7) is 6.07. The number of anilines is 1. The Balaban J connectivity index is 1.73. The second-order valence-electron chi connectivity index (χ2n) is 8.94. The fraction of sp³-hybridized carbons (Fsp3) is 0.385. The molecular formula is C26H31N3O2. The first-order valence-corrected chi connectivity index (χ1v) is 11.0. The zero-order valence-electron chi connectivity index (χ0n) is 18.8. The molecule has 5 heteroatoms. The van der Waals surface area contributed by atoms with Crippen LogP contribution in [0.1, 0.15) is 35.7 Å². The van der Waals surface area contributed by atoms with E-state index in [-0.39, 0.29) is 0 Å². The molecule has 0 spiro atoms. The number of hydrogen-bond acceptors (Lipinski definition) is 5. The molecule has 0 aliphatic carbocycles. The van der Waals surface area contributed by atoms with Crippen molar-refractivity contribution in [3.05, 3.63) is 53.7 Å². The van der Waals surface area contributed by atoms with E-state index in [4.69, 9.17) is 0 Å². The minimum absolute atomic E-state index is 0.296. The lowest BCUT2D eigenvalue weighted by Gasteiger charge is -2.39. The fourth-order valence-corrected chi connectivity index (χ4v) is 4.67. The van der Waals surface area contributed by atoms with E-state index in [2.05, 4.69) is 47.9 Å². The third-order valence-corrected chi connectivity index (χ3v) is 6.88. The number of benzene rings is 2. The third kappa shape index (κ3) is 4.15. The van der Waals surface area contributed by atoms with Crippen molar-refractivity contribution in [1.82, 2.24) is 9.88 Å². The summed E-state index contributed by atoms with van der Waals surface area (Å²) in [5.74, 6) is 0.958. The Morgan fingerprint density at radius 1 is 1.13 bits per heavy atom. The van der Waals surface area contributed by atoms with E-state index in [0.29, 0.717) is 23.3 Å². The van der Waals surface area contributed by atoms with Crippen LogP contribution >= 0.6 is 0 Å². The SMILES string of the molecule is Cc1cc(-c2ccc3ncc(C=O)c(N4CCC(C(C)N(C)C)CC4)c3c2)ccc1O. The topological polar surface area (TPSA) is 56.7 Å². The van der Waals surface area contributed by atoms with Crippen LogP contribution in [0, 0.1) is 12.8 Å². The molecule has 31 heavy (non-hydrogen) atoms. The van der Waals surface area contributed by atoms with Gasteiger partial charge >= 0.3 is 0 Å². The van der Waals surface area contributed by atoms with Crippen LogP contribution in [0.4, 0.5) is 5.69 Å². The van der Waals surface area contributed by atoms with E-state index in [1.165, 1.54) is 0 Å². The van der Waals surface area contributed by atoms with E-state index >= 15 is 0 Å². The van der Waals surface area contributed by atoms with Gasteiger partial charge < -0.3 is 14.9 Å². The molecular weight excluding hydrogens is 386 g/mol. The van der Waals surface area contributed by atoms with Crippen molar-refractivity contribution in [1.29, 1.82) is 0 Å². The summed E-state index contributed by atoms with van der Waals surface area (Å²) in [5.41, 5.74) is 5.47. The molecule has 1 N–H and O–H groups in total. The Morgan fingerprint density at radius 2 is 1.81 bits per heavy atom. The number of aryl methyl sites for hydroxylation is 1. The molecule has 0 bridgehead atoms. The minimum Gasteiger partial charge on any atom is -0.508 e. The van der Waals surface area contributed by atoms with Crippen molar-refractivity contribution in [3.8, 4) is 16.9 Å². The quantitative estimate of drug-likeness (QED) is 0.599. The van der Waals surface area contributed by atoms with Crippen molar-refractivity contribution >= 4 is 22.9 Å². The number of aldehydes is 1. The smallest absolute Gasteiger partial charge is 0.153 e. The standard InChI is InChI=1S/C26H31N3O2/c1-17-13-20(6-8-25(17)31)21-5-7-24-23(14-21)26(22(16-30)15-27-24)29-11-9-19(10-12-29)18(2)28(3)4/h5-8,13-16,18-19,31H,9-12H2,1-4H3. The highest BCUT2D eigenvalue weighted by atomic mass is 16.3. The molecule has 0 radical (unpaired) electrons. The maximum absolute atomic E-state index is 11.9. The largest absolute Gasteiger partial charge is 0.508 e. The summed E-state index contributed by atoms with van der Waals surface area (Å²) in [6, 6.07) is 12.4. The molecule has 3 aromatic rings. The number of phenols is 1. The van der Waals surface area contributed by atoms with Crippen molar-refractivity contribution < 1.29 is 9.90 Å². The van der Waals surface area contributed by atoms with Crippen LogP contribution in [-0.4, -0.2) is 54.5 Å². The zero-order valence-corrected chi connectivity index (χ0v) is 18.8. The number of carbonyl (C=O) groups excluding carboxylic acids is 1. The molecule has 1 aliphatic rings. The predicted octanol–water partition coefficient (Wildman–Crippen LogP) is 4.89. The summed E-state index contributed by atoms with van der Waals surface area (Å²) in [6.07, 6.45) is 4.84. The van der Waals surface area contributed by atoms with Crippen LogP contribution in [0.5, 0.6) is 5.75 Å². The number of aromatic nitrogens is 1. The number of hydrogen-bond donors (Lipinski definition) is 1. The number of fused-ring (bicyclic) bond motifs is 1. The van der Waals surface area contributed by atoms with Gasteiger partial charge in [0.1, 0.15) is 5.75 Å². The van der Waals surface area contributed by atoms with Crippen molar-refractivity contribution in [2.75, 3.05) is 32.1 Å². The van der Waals surface area contributed by atoms with E-state index in [1.54, 1.807) is 12.3 Å². The fourth-order valence-electron chi connectivity index (χ4n) is 4.67. The van der Waals surface area contributed by atoms with Gasteiger partial charge in [-0.05, 0) is 87.7 Å². The first-order valence-electron chi connectivity index (χ1n) is 11.0. The number of rotatable bonds is 5. The summed E-state index contributed by atoms with van der Waals surface area (Å²) in [5, 5.41) is 10.9. The lowest BCUT2D eigenvalue weighted by atomic mass is 9.89. The highest BCUT2D eigenvalue weighted by Gasteiger charge is 2.27. The van der Waals surface area contributed by atoms with Crippen LogP contribution in [-0.2, 0) is 0 Å². The van der Waals surface area contributed by atoms with Gasteiger partial charge in [0.25, 0.3) is 0 Å². The second-order valence-corrected chi connectivity index (χ2v) is 8.94. The van der Waals surface area contributed by atoms with Gasteiger partial charge in [-0.25, -0.2) is 0 Å². The molecule has 1 saturated heterocycles. The van der Waals surface area contributed by atoms with Crippen LogP contribution in [0.25, 0.3) is 22.0 Å². The average Bonchev–Trinajstić information content (AvgIpc) is 2.79. The molecule has 1 aromatic heterocycles. The molecule has 1 aliphatic heterocycles. The van der Waals surface area contributed by atoms with Crippen molar-refractivity contribution in [2.24, 2.45) is 5.92 Å². The number of phenolic OH excluding ortho intramolecular Hbond substituents is 1. The van der Waals surface area contributed by atoms with E-state index in [1.807, 2.05) is 25.1 Å². The molecule has 0 saturated carbocycles. The van der Waals surface area contributed by atoms with Gasteiger partial charge in [-0.2, -0.15) is 0 Å². The number of nitrogens with zero attached hydrogens (tertiary/aromatic N) is 3. The number of aromatic hydroxyl groups is 1. The number of piperidine rings is 1. The van der Waals surface area contributed by atoms with Gasteiger partial charge in [-0.3, -0.25) is 9.78 Å². The maximum atomic E-state index is 11.9. The Bertz CT molecular complexity index is 1100. The Kier molecular flexibility index (Phi) is 5.96. The summed E-state index contributed by atoms with van der Waals surface area (Å²) >= 11 is 0. The van der Waals surface area contributed by atoms with Gasteiger partial charge in [0, 0.05) is 30.7 Å². The van der Waals surface area contributed by atoms with Crippen molar-refractivity contribution in [2.45, 2.75) is 32.7 Å². The first-order chi connectivity index (χ1) is 14.9. The monoisotopic (exact) mass is 417 g/mol. The minimum atomic E-state index is 0.296. The lowest BCUT2D eigenvalue weighted by molar-refractivity contribution is 0.112. The Labute approximate surface area is 184 Å². The first kappa shape index (κ1) is 21.3. The van der Waals surface area contributed by atoms with Crippen LogP contribution in [0.3, 0.4) is 0 Å². The zero-order chi connectivity index (χ0) is 22.1. The van der Waals surface area contributed by atoms with Gasteiger partial charge in [0.15, 0.2) is 6.29 Å². The van der Waals surface area contributed by atoms with Gasteiger partial charge in [-0.15, -0.1) is 0 Å². The number of carbonyl (C=O) groups is 1. The molecule has 4 rings (SSSR count). The third-order valence-electron chi connectivity index (χ3n) is 6.88. The summed E-state index contributed by atoms with van der Waals surface area (Å²) < 4.78 is 0. The predicted molar refractivity (Wildman–Crippen MR) is 127 cm³/mol. The van der Waals surface area contributed by atoms with E-state index in [9.17, 15) is 9.90 Å². The van der Waals surface area contributed by atoms with Crippen LogP contribution in [0.15, 0.2) is 42.6 Å². The van der Waals surface area contributed by atoms with E-state index < -0.39 is 0 Å². The molecule has 162 valence electrons. The summed E-state index contributed by atoms with van der Waals surface area (Å²) in [4.78, 5) is 21.1. The lowest BCUT2D eigenvalue weighted by Crippen LogP contribution is -2.41. The average molecular weight is 418 g/mol. The van der Waals surface area contributed by atoms with Crippen LogP contribution < -0.4 is 4.90 Å². The molecule has 1 atom stereocenters.